The van der Waals surface area contributed by atoms with Gasteiger partial charge in [-0.3, -0.25) is 9.78 Å². The second kappa shape index (κ2) is 5.56. The Hall–Kier alpha value is -0.720. The summed E-state index contributed by atoms with van der Waals surface area (Å²) in [5.41, 5.74) is -1.83. The monoisotopic (exact) mass is 294 g/mol. The second-order valence-corrected chi connectivity index (χ2v) is 3.31. The maximum atomic E-state index is 12.4. The van der Waals surface area contributed by atoms with Crippen LogP contribution in [0.5, 0.6) is 0 Å². The highest BCUT2D eigenvalue weighted by atomic mass is 35.5. The molecule has 1 amide bonds. The fraction of sp³-hybridized carbons (Fsp3) is 0.143. The number of hydrogen-bond acceptors (Lipinski definition) is 2. The van der Waals surface area contributed by atoms with Crippen LogP contribution < -0.4 is 0 Å². The summed E-state index contributed by atoms with van der Waals surface area (Å²) in [5.74, 6) is -1.18. The van der Waals surface area contributed by atoms with Gasteiger partial charge < -0.3 is 0 Å². The van der Waals surface area contributed by atoms with E-state index in [9.17, 15) is 18.0 Å². The van der Waals surface area contributed by atoms with Crippen molar-refractivity contribution in [3.8, 4) is 0 Å². The first kappa shape index (κ1) is 15.3. The smallest absolute Gasteiger partial charge is 0.266 e. The van der Waals surface area contributed by atoms with Crippen molar-refractivity contribution >= 4 is 41.9 Å². The molecule has 0 saturated carbocycles. The van der Waals surface area contributed by atoms with Gasteiger partial charge in [-0.25, -0.2) is 0 Å². The molecule has 0 radical (unpaired) electrons. The second-order valence-electron chi connectivity index (χ2n) is 2.46. The number of hydrogen-bond donors (Lipinski definition) is 0. The van der Waals surface area contributed by atoms with Gasteiger partial charge >= 0.3 is 6.18 Å². The van der Waals surface area contributed by atoms with Crippen molar-refractivity contribution in [1.29, 1.82) is 0 Å². The molecule has 0 aliphatic heterocycles. The normalized spacial score (nSPS) is 10.6. The maximum Gasteiger partial charge on any atom is 0.417 e. The first-order valence-electron chi connectivity index (χ1n) is 3.51. The van der Waals surface area contributed by atoms with E-state index in [1.807, 2.05) is 0 Å². The Kier molecular flexibility index (Phi) is 5.31. The van der Waals surface area contributed by atoms with Gasteiger partial charge in [-0.15, -0.1) is 12.4 Å². The van der Waals surface area contributed by atoms with E-state index in [-0.39, 0.29) is 16.3 Å². The molecule has 1 aromatic rings. The Bertz CT molecular complexity index is 383. The van der Waals surface area contributed by atoms with Crippen molar-refractivity contribution in [2.75, 3.05) is 0 Å². The summed E-state index contributed by atoms with van der Waals surface area (Å²) in [7, 11) is 0. The molecule has 0 fully saturated rings. The topological polar surface area (TPSA) is 33.2 Å². The number of carbonyl (C=O) groups is 1. The summed E-state index contributed by atoms with van der Waals surface area (Å²) < 4.78 is 37.2. The number of halogens is 6. The minimum absolute atomic E-state index is 0. The molecule has 0 aliphatic carbocycles. The van der Waals surface area contributed by atoms with Gasteiger partial charge in [0.05, 0.1) is 11.1 Å². The van der Waals surface area contributed by atoms with Crippen LogP contribution in [0.1, 0.15) is 15.9 Å². The van der Waals surface area contributed by atoms with Gasteiger partial charge in [0.2, 0.25) is 0 Å². The van der Waals surface area contributed by atoms with Crippen LogP contribution in [0.2, 0.25) is 0 Å². The number of nitrogens with zero attached hydrogens (tertiary/aromatic N) is 2. The first-order valence-corrected chi connectivity index (χ1v) is 4.19. The zero-order valence-electron chi connectivity index (χ0n) is 7.33. The summed E-state index contributed by atoms with van der Waals surface area (Å²) in [5, 5.41) is 0. The number of pyridine rings is 1. The largest absolute Gasteiger partial charge is 0.417 e. The first-order chi connectivity index (χ1) is 6.84. The molecule has 1 aromatic heterocycles. The number of aromatic nitrogens is 1. The highest BCUT2D eigenvalue weighted by Gasteiger charge is 2.36. The molecular weight excluding hydrogens is 291 g/mol. The van der Waals surface area contributed by atoms with Gasteiger partial charge in [-0.05, 0) is 6.07 Å². The number of rotatable bonds is 1. The Morgan fingerprint density at radius 1 is 1.38 bits per heavy atom. The van der Waals surface area contributed by atoms with Crippen molar-refractivity contribution in [1.82, 2.24) is 8.92 Å². The molecule has 3 nitrogen and oxygen atoms in total. The van der Waals surface area contributed by atoms with Crippen molar-refractivity contribution in [3.05, 3.63) is 29.6 Å². The molecule has 1 rings (SSSR count). The molecule has 0 aliphatic rings. The Morgan fingerprint density at radius 2 is 1.94 bits per heavy atom. The van der Waals surface area contributed by atoms with Gasteiger partial charge in [0.25, 0.3) is 5.91 Å². The Morgan fingerprint density at radius 3 is 2.38 bits per heavy atom. The van der Waals surface area contributed by atoms with Crippen molar-refractivity contribution in [3.63, 3.8) is 0 Å². The van der Waals surface area contributed by atoms with E-state index in [1.54, 1.807) is 0 Å². The standard InChI is InChI=1S/C7H3Cl2F3N2O.ClH/c8-14(9)6(15)4-3-13-2-1-5(4)7(10,11)12;/h1-3H;1H. The predicted octanol–water partition coefficient (Wildman–Crippen LogP) is 3.27. The average Bonchev–Trinajstić information content (AvgIpc) is 2.15. The predicted molar refractivity (Wildman–Crippen MR) is 54.4 cm³/mol. The van der Waals surface area contributed by atoms with Crippen LogP contribution in [0.3, 0.4) is 0 Å². The summed E-state index contributed by atoms with van der Waals surface area (Å²) in [6.07, 6.45) is -2.98. The molecular formula is C7H4Cl3F3N2O. The molecule has 90 valence electrons. The zero-order valence-corrected chi connectivity index (χ0v) is 9.66. The molecule has 0 bridgehead atoms. The van der Waals surface area contributed by atoms with Crippen LogP contribution in [-0.2, 0) is 6.18 Å². The molecule has 0 spiro atoms. The molecule has 0 aromatic carbocycles. The van der Waals surface area contributed by atoms with E-state index >= 15 is 0 Å². The van der Waals surface area contributed by atoms with Gasteiger partial charge in [0.1, 0.15) is 0 Å². The van der Waals surface area contributed by atoms with Gasteiger partial charge in [0, 0.05) is 35.9 Å². The summed E-state index contributed by atoms with van der Waals surface area (Å²) in [6, 6.07) is 0.671. The van der Waals surface area contributed by atoms with Crippen LogP contribution >= 0.6 is 36.0 Å². The van der Waals surface area contributed by atoms with Gasteiger partial charge in [0.15, 0.2) is 0 Å². The van der Waals surface area contributed by atoms with Gasteiger partial charge in [-0.2, -0.15) is 17.1 Å². The molecule has 0 atom stereocenters. The summed E-state index contributed by atoms with van der Waals surface area (Å²) >= 11 is 10.1. The third-order valence-corrected chi connectivity index (χ3v) is 1.82. The molecule has 0 saturated heterocycles. The molecule has 0 N–H and O–H groups in total. The van der Waals surface area contributed by atoms with Crippen molar-refractivity contribution in [2.45, 2.75) is 6.18 Å². The Labute approximate surface area is 105 Å². The van der Waals surface area contributed by atoms with E-state index in [2.05, 4.69) is 4.98 Å². The third-order valence-electron chi connectivity index (χ3n) is 1.51. The van der Waals surface area contributed by atoms with Crippen molar-refractivity contribution in [2.24, 2.45) is 0 Å². The van der Waals surface area contributed by atoms with E-state index < -0.39 is 23.2 Å². The molecule has 0 unspecified atom stereocenters. The average molecular weight is 295 g/mol. The number of carbonyl (C=O) groups excluding carboxylic acids is 1. The quantitative estimate of drug-likeness (QED) is 0.745. The van der Waals surface area contributed by atoms with E-state index in [1.165, 1.54) is 0 Å². The van der Waals surface area contributed by atoms with Crippen LogP contribution in [0.4, 0.5) is 13.2 Å². The van der Waals surface area contributed by atoms with E-state index in [0.717, 1.165) is 12.4 Å². The highest BCUT2D eigenvalue weighted by Crippen LogP contribution is 2.32. The molecule has 1 heterocycles. The highest BCUT2D eigenvalue weighted by molar-refractivity contribution is 6.43. The zero-order chi connectivity index (χ0) is 11.6. The number of amides is 1. The van der Waals surface area contributed by atoms with E-state index in [4.69, 9.17) is 23.6 Å². The van der Waals surface area contributed by atoms with Crippen LogP contribution in [0.25, 0.3) is 0 Å². The van der Waals surface area contributed by atoms with Crippen LogP contribution in [0.15, 0.2) is 18.5 Å². The molecule has 16 heavy (non-hydrogen) atoms. The minimum Gasteiger partial charge on any atom is -0.266 e. The van der Waals surface area contributed by atoms with Crippen molar-refractivity contribution < 1.29 is 18.0 Å². The minimum atomic E-state index is -4.66. The van der Waals surface area contributed by atoms with Gasteiger partial charge in [-0.1, -0.05) is 0 Å². The maximum absolute atomic E-state index is 12.4. The Balaban J connectivity index is 0.00000225. The van der Waals surface area contributed by atoms with Crippen LogP contribution in [-0.4, -0.2) is 14.8 Å². The lowest BCUT2D eigenvalue weighted by Gasteiger charge is -2.11. The van der Waals surface area contributed by atoms with E-state index in [0.29, 0.717) is 6.07 Å². The lowest BCUT2D eigenvalue weighted by molar-refractivity contribution is -0.138. The number of alkyl halides is 3. The molecule has 9 heteroatoms. The fourth-order valence-corrected chi connectivity index (χ4v) is 1.09. The lowest BCUT2D eigenvalue weighted by atomic mass is 10.1. The summed E-state index contributed by atoms with van der Waals surface area (Å²) in [4.78, 5) is 14.5. The SMILES string of the molecule is Cl.O=C(c1cnccc1C(F)(F)F)N(Cl)Cl. The lowest BCUT2D eigenvalue weighted by Crippen LogP contribution is -2.18. The van der Waals surface area contributed by atoms with Crippen LogP contribution in [0, 0.1) is 0 Å². The third kappa shape index (κ3) is 3.40. The summed E-state index contributed by atoms with van der Waals surface area (Å²) in [6.45, 7) is 0. The fourth-order valence-electron chi connectivity index (χ4n) is 0.903.